The summed E-state index contributed by atoms with van der Waals surface area (Å²) in [5.41, 5.74) is 1.56. The molecule has 1 aromatic carbocycles. The molecular weight excluding hydrogens is 302 g/mol. The number of anilines is 2. The van der Waals surface area contributed by atoms with E-state index in [0.29, 0.717) is 6.42 Å². The molecule has 2 fully saturated rings. The summed E-state index contributed by atoms with van der Waals surface area (Å²) in [5.74, 6) is 0.193. The van der Waals surface area contributed by atoms with E-state index in [9.17, 15) is 9.59 Å². The van der Waals surface area contributed by atoms with Crippen molar-refractivity contribution in [2.24, 2.45) is 5.92 Å². The van der Waals surface area contributed by atoms with Crippen molar-refractivity contribution in [3.8, 4) is 0 Å². The van der Waals surface area contributed by atoms with Gasteiger partial charge in [0.1, 0.15) is 0 Å². The van der Waals surface area contributed by atoms with Crippen molar-refractivity contribution in [2.45, 2.75) is 25.7 Å². The van der Waals surface area contributed by atoms with Crippen LogP contribution in [0.3, 0.4) is 0 Å². The molecule has 0 bridgehead atoms. The van der Waals surface area contributed by atoms with Crippen LogP contribution in [0, 0.1) is 5.92 Å². The van der Waals surface area contributed by atoms with Crippen molar-refractivity contribution in [3.63, 3.8) is 0 Å². The van der Waals surface area contributed by atoms with Gasteiger partial charge in [0.15, 0.2) is 0 Å². The summed E-state index contributed by atoms with van der Waals surface area (Å²) in [6.45, 7) is 2.45. The summed E-state index contributed by atoms with van der Waals surface area (Å²) in [6, 6.07) is 7.56. The lowest BCUT2D eigenvalue weighted by Gasteiger charge is -2.24. The van der Waals surface area contributed by atoms with E-state index in [4.69, 9.17) is 0 Å². The monoisotopic (exact) mass is 323 g/mol. The van der Waals surface area contributed by atoms with Gasteiger partial charge < -0.3 is 15.5 Å². The van der Waals surface area contributed by atoms with Crippen LogP contribution in [0.1, 0.15) is 25.7 Å². The molecule has 2 aliphatic rings. The minimum Gasteiger partial charge on any atom is -0.324 e. The van der Waals surface area contributed by atoms with Crippen molar-refractivity contribution >= 4 is 35.6 Å². The van der Waals surface area contributed by atoms with E-state index in [0.717, 1.165) is 50.3 Å². The summed E-state index contributed by atoms with van der Waals surface area (Å²) in [7, 11) is 0. The molecule has 0 unspecified atom stereocenters. The number of amides is 2. The van der Waals surface area contributed by atoms with E-state index in [1.165, 1.54) is 0 Å². The summed E-state index contributed by atoms with van der Waals surface area (Å²) in [5, 5.41) is 6.26. The topological polar surface area (TPSA) is 61.4 Å². The molecule has 2 heterocycles. The third-order valence-electron chi connectivity index (χ3n) is 4.19. The van der Waals surface area contributed by atoms with E-state index in [-0.39, 0.29) is 30.1 Å². The van der Waals surface area contributed by atoms with Crippen molar-refractivity contribution in [1.29, 1.82) is 0 Å². The lowest BCUT2D eigenvalue weighted by Crippen LogP contribution is -2.37. The van der Waals surface area contributed by atoms with E-state index in [1.54, 1.807) is 4.90 Å². The van der Waals surface area contributed by atoms with Gasteiger partial charge >= 0.3 is 0 Å². The maximum absolute atomic E-state index is 12.4. The summed E-state index contributed by atoms with van der Waals surface area (Å²) in [4.78, 5) is 26.1. The highest BCUT2D eigenvalue weighted by Crippen LogP contribution is 2.30. The van der Waals surface area contributed by atoms with Gasteiger partial charge in [-0.3, -0.25) is 9.59 Å². The third-order valence-corrected chi connectivity index (χ3v) is 4.19. The van der Waals surface area contributed by atoms with Crippen LogP contribution in [0.5, 0.6) is 0 Å². The summed E-state index contributed by atoms with van der Waals surface area (Å²) < 4.78 is 0. The normalized spacial score (nSPS) is 21.4. The molecule has 1 aromatic rings. The first kappa shape index (κ1) is 16.8. The molecule has 0 radical (unpaired) electrons. The molecule has 0 spiro atoms. The maximum Gasteiger partial charge on any atom is 0.228 e. The number of hydrogen-bond acceptors (Lipinski definition) is 3. The Bertz CT molecular complexity index is 544. The molecule has 120 valence electrons. The average molecular weight is 324 g/mol. The number of rotatable bonds is 3. The highest BCUT2D eigenvalue weighted by molar-refractivity contribution is 6.02. The average Bonchev–Trinajstić information content (AvgIpc) is 2.95. The zero-order valence-electron chi connectivity index (χ0n) is 12.5. The van der Waals surface area contributed by atoms with Crippen molar-refractivity contribution in [1.82, 2.24) is 5.32 Å². The van der Waals surface area contributed by atoms with Gasteiger partial charge in [-0.15, -0.1) is 12.4 Å². The number of para-hydroxylation sites is 2. The van der Waals surface area contributed by atoms with Crippen LogP contribution in [-0.2, 0) is 9.59 Å². The van der Waals surface area contributed by atoms with Crippen LogP contribution in [-0.4, -0.2) is 31.4 Å². The molecule has 3 rings (SSSR count). The molecule has 2 aliphatic heterocycles. The van der Waals surface area contributed by atoms with Crippen molar-refractivity contribution in [3.05, 3.63) is 24.3 Å². The van der Waals surface area contributed by atoms with Crippen LogP contribution < -0.4 is 15.5 Å². The van der Waals surface area contributed by atoms with Crippen molar-refractivity contribution in [2.75, 3.05) is 29.9 Å². The lowest BCUT2D eigenvalue weighted by molar-refractivity contribution is -0.120. The van der Waals surface area contributed by atoms with Gasteiger partial charge in [0.25, 0.3) is 0 Å². The number of halogens is 1. The Morgan fingerprint density at radius 2 is 2.09 bits per heavy atom. The Balaban J connectivity index is 0.00000176. The number of carbonyl (C=O) groups excluding carboxylic acids is 2. The van der Waals surface area contributed by atoms with Gasteiger partial charge in [-0.25, -0.2) is 0 Å². The third kappa shape index (κ3) is 3.59. The first-order valence-corrected chi connectivity index (χ1v) is 7.66. The van der Waals surface area contributed by atoms with Crippen molar-refractivity contribution < 1.29 is 9.59 Å². The molecule has 6 heteroatoms. The second kappa shape index (κ2) is 7.61. The fraction of sp³-hybridized carbons (Fsp3) is 0.500. The second-order valence-electron chi connectivity index (χ2n) is 5.70. The molecular formula is C16H22ClN3O2. The number of nitrogens with zero attached hydrogens (tertiary/aromatic N) is 1. The zero-order chi connectivity index (χ0) is 14.7. The summed E-state index contributed by atoms with van der Waals surface area (Å²) in [6.07, 6.45) is 3.43. The number of hydrogen-bond donors (Lipinski definition) is 2. The van der Waals surface area contributed by atoms with Crippen LogP contribution >= 0.6 is 12.4 Å². The van der Waals surface area contributed by atoms with Gasteiger partial charge in [-0.05, 0) is 37.9 Å². The second-order valence-corrected chi connectivity index (χ2v) is 5.70. The van der Waals surface area contributed by atoms with Gasteiger partial charge in [0, 0.05) is 19.5 Å². The number of nitrogens with one attached hydrogen (secondary N) is 2. The first-order chi connectivity index (χ1) is 10.3. The van der Waals surface area contributed by atoms with Crippen LogP contribution in [0.2, 0.25) is 0 Å². The molecule has 1 atom stereocenters. The molecule has 2 N–H and O–H groups in total. The fourth-order valence-corrected chi connectivity index (χ4v) is 3.03. The number of benzene rings is 1. The highest BCUT2D eigenvalue weighted by Gasteiger charge is 2.26. The van der Waals surface area contributed by atoms with Gasteiger partial charge in [-0.2, -0.15) is 0 Å². The van der Waals surface area contributed by atoms with Crippen LogP contribution in [0.25, 0.3) is 0 Å². The summed E-state index contributed by atoms with van der Waals surface area (Å²) >= 11 is 0. The Kier molecular flexibility index (Phi) is 5.80. The largest absolute Gasteiger partial charge is 0.324 e. The lowest BCUT2D eigenvalue weighted by atomic mass is 9.98. The Morgan fingerprint density at radius 3 is 2.77 bits per heavy atom. The van der Waals surface area contributed by atoms with Gasteiger partial charge in [0.05, 0.1) is 17.3 Å². The van der Waals surface area contributed by atoms with Gasteiger partial charge in [0.2, 0.25) is 11.8 Å². The SMILES string of the molecule is Cl.O=C(Nc1ccccc1N1CCCC1=O)[C@@H]1CCCNC1. The molecule has 0 saturated carbocycles. The molecule has 0 aliphatic carbocycles. The molecule has 5 nitrogen and oxygen atoms in total. The molecule has 2 amide bonds. The minimum atomic E-state index is 0. The van der Waals surface area contributed by atoms with Crippen LogP contribution in [0.15, 0.2) is 24.3 Å². The Morgan fingerprint density at radius 1 is 1.27 bits per heavy atom. The molecule has 2 saturated heterocycles. The Hall–Kier alpha value is -1.59. The number of piperidine rings is 1. The molecule has 0 aromatic heterocycles. The highest BCUT2D eigenvalue weighted by atomic mass is 35.5. The van der Waals surface area contributed by atoms with E-state index < -0.39 is 0 Å². The first-order valence-electron chi connectivity index (χ1n) is 7.66. The van der Waals surface area contributed by atoms with Gasteiger partial charge in [-0.1, -0.05) is 12.1 Å². The predicted molar refractivity (Wildman–Crippen MR) is 89.5 cm³/mol. The predicted octanol–water partition coefficient (Wildman–Crippen LogP) is 2.17. The van der Waals surface area contributed by atoms with E-state index in [2.05, 4.69) is 10.6 Å². The fourth-order valence-electron chi connectivity index (χ4n) is 3.03. The Labute approximate surface area is 136 Å². The number of carbonyl (C=O) groups is 2. The zero-order valence-corrected chi connectivity index (χ0v) is 13.3. The molecule has 22 heavy (non-hydrogen) atoms. The van der Waals surface area contributed by atoms with Crippen LogP contribution in [0.4, 0.5) is 11.4 Å². The maximum atomic E-state index is 12.4. The standard InChI is InChI=1S/C16H21N3O2.ClH/c20-15-8-4-10-19(15)14-7-2-1-6-13(14)18-16(21)12-5-3-9-17-11-12;/h1-2,6-7,12,17H,3-5,8-11H2,(H,18,21);1H/t12-;/m1./s1. The smallest absolute Gasteiger partial charge is 0.228 e. The van der Waals surface area contributed by atoms with E-state index in [1.807, 2.05) is 24.3 Å². The quantitative estimate of drug-likeness (QED) is 0.896. The minimum absolute atomic E-state index is 0. The van der Waals surface area contributed by atoms with E-state index >= 15 is 0 Å².